The second kappa shape index (κ2) is 8.31. The maximum absolute atomic E-state index is 11.8. The highest BCUT2D eigenvalue weighted by atomic mass is 16.2. The van der Waals surface area contributed by atoms with E-state index >= 15 is 0 Å². The van der Waals surface area contributed by atoms with Gasteiger partial charge in [0.05, 0.1) is 5.69 Å². The van der Waals surface area contributed by atoms with E-state index in [0.29, 0.717) is 19.0 Å². The predicted octanol–water partition coefficient (Wildman–Crippen LogP) is 2.07. The van der Waals surface area contributed by atoms with Gasteiger partial charge < -0.3 is 10.6 Å². The van der Waals surface area contributed by atoms with Crippen LogP contribution in [0.5, 0.6) is 0 Å². The van der Waals surface area contributed by atoms with E-state index in [9.17, 15) is 4.79 Å². The van der Waals surface area contributed by atoms with Crippen molar-refractivity contribution in [3.63, 3.8) is 0 Å². The van der Waals surface area contributed by atoms with Crippen LogP contribution in [0.1, 0.15) is 23.9 Å². The van der Waals surface area contributed by atoms with Crippen molar-refractivity contribution in [3.8, 4) is 0 Å². The minimum absolute atomic E-state index is 0.126. The van der Waals surface area contributed by atoms with Gasteiger partial charge in [0.1, 0.15) is 0 Å². The van der Waals surface area contributed by atoms with Crippen molar-refractivity contribution >= 4 is 6.03 Å². The third kappa shape index (κ3) is 5.73. The van der Waals surface area contributed by atoms with Crippen LogP contribution in [0.2, 0.25) is 0 Å². The molecule has 0 aliphatic carbocycles. The molecule has 2 aromatic rings. The molecule has 2 heterocycles. The molecule has 2 N–H and O–H groups in total. The summed E-state index contributed by atoms with van der Waals surface area (Å²) in [6, 6.07) is 5.84. The summed E-state index contributed by atoms with van der Waals surface area (Å²) in [4.78, 5) is 15.8. The van der Waals surface area contributed by atoms with Crippen LogP contribution >= 0.6 is 0 Å². The van der Waals surface area contributed by atoms with E-state index in [1.807, 2.05) is 30.7 Å². The lowest BCUT2D eigenvalue weighted by Gasteiger charge is -2.14. The molecule has 2 amide bonds. The number of pyridine rings is 1. The molecule has 0 radical (unpaired) electrons. The Morgan fingerprint density at radius 1 is 1.26 bits per heavy atom. The number of carbonyl (C=O) groups is 1. The Kier molecular flexibility index (Phi) is 6.14. The van der Waals surface area contributed by atoms with Crippen LogP contribution < -0.4 is 10.6 Å². The van der Waals surface area contributed by atoms with Gasteiger partial charge in [-0.1, -0.05) is 6.92 Å². The normalized spacial score (nSPS) is 12.0. The van der Waals surface area contributed by atoms with Crippen molar-refractivity contribution in [2.45, 2.75) is 33.7 Å². The zero-order chi connectivity index (χ0) is 16.7. The molecule has 124 valence electrons. The lowest BCUT2D eigenvalue weighted by atomic mass is 10.2. The largest absolute Gasteiger partial charge is 0.338 e. The molecule has 0 saturated heterocycles. The van der Waals surface area contributed by atoms with Crippen LogP contribution in [-0.4, -0.2) is 33.9 Å². The van der Waals surface area contributed by atoms with Crippen molar-refractivity contribution in [2.24, 2.45) is 5.92 Å². The maximum atomic E-state index is 11.8. The molecule has 1 atom stereocenters. The minimum atomic E-state index is -0.126. The fourth-order valence-electron chi connectivity index (χ4n) is 2.42. The third-order valence-corrected chi connectivity index (χ3v) is 3.65. The van der Waals surface area contributed by atoms with Crippen molar-refractivity contribution in [3.05, 3.63) is 47.5 Å². The Morgan fingerprint density at radius 3 is 2.65 bits per heavy atom. The highest BCUT2D eigenvalue weighted by Crippen LogP contribution is 2.05. The van der Waals surface area contributed by atoms with E-state index in [0.717, 1.165) is 29.9 Å². The number of hydrogen-bond acceptors (Lipinski definition) is 3. The topological polar surface area (TPSA) is 71.8 Å². The number of nitrogens with one attached hydrogen (secondary N) is 2. The number of hydrogen-bond donors (Lipinski definition) is 2. The van der Waals surface area contributed by atoms with Gasteiger partial charge in [-0.25, -0.2) is 4.79 Å². The molecule has 6 heteroatoms. The van der Waals surface area contributed by atoms with Gasteiger partial charge in [-0.3, -0.25) is 9.67 Å². The van der Waals surface area contributed by atoms with Crippen molar-refractivity contribution in [2.75, 3.05) is 13.1 Å². The number of urea groups is 1. The summed E-state index contributed by atoms with van der Waals surface area (Å²) < 4.78 is 1.99. The molecule has 6 nitrogen and oxygen atoms in total. The van der Waals surface area contributed by atoms with Crippen molar-refractivity contribution < 1.29 is 4.79 Å². The Morgan fingerprint density at radius 2 is 2.00 bits per heavy atom. The summed E-state index contributed by atoms with van der Waals surface area (Å²) in [5.41, 5.74) is 3.34. The first-order valence-electron chi connectivity index (χ1n) is 7.96. The molecule has 2 aromatic heterocycles. The fraction of sp³-hybridized carbons (Fsp3) is 0.471. The van der Waals surface area contributed by atoms with Gasteiger partial charge in [0, 0.05) is 37.7 Å². The maximum Gasteiger partial charge on any atom is 0.314 e. The lowest BCUT2D eigenvalue weighted by molar-refractivity contribution is 0.238. The molecule has 0 bridgehead atoms. The van der Waals surface area contributed by atoms with Gasteiger partial charge >= 0.3 is 6.03 Å². The Bertz CT molecular complexity index is 623. The van der Waals surface area contributed by atoms with Gasteiger partial charge in [0.15, 0.2) is 0 Å². The fourth-order valence-corrected chi connectivity index (χ4v) is 2.42. The van der Waals surface area contributed by atoms with Gasteiger partial charge in [0.25, 0.3) is 0 Å². The van der Waals surface area contributed by atoms with E-state index in [2.05, 4.69) is 33.7 Å². The average Bonchev–Trinajstić information content (AvgIpc) is 2.84. The summed E-state index contributed by atoms with van der Waals surface area (Å²) in [5.74, 6) is 0.318. The molecule has 0 spiro atoms. The molecule has 0 unspecified atom stereocenters. The molecule has 0 aliphatic heterocycles. The molecular weight excluding hydrogens is 290 g/mol. The smallest absolute Gasteiger partial charge is 0.314 e. The van der Waals surface area contributed by atoms with E-state index in [4.69, 9.17) is 0 Å². The summed E-state index contributed by atoms with van der Waals surface area (Å²) in [7, 11) is 0. The van der Waals surface area contributed by atoms with Crippen LogP contribution in [0.4, 0.5) is 4.79 Å². The monoisotopic (exact) mass is 315 g/mol. The molecular formula is C17H25N5O. The zero-order valence-electron chi connectivity index (χ0n) is 14.0. The molecule has 0 saturated carbocycles. The lowest BCUT2D eigenvalue weighted by Crippen LogP contribution is -2.39. The molecule has 2 rings (SSSR count). The molecule has 23 heavy (non-hydrogen) atoms. The average molecular weight is 315 g/mol. The highest BCUT2D eigenvalue weighted by Gasteiger charge is 2.08. The summed E-state index contributed by atoms with van der Waals surface area (Å²) in [6.07, 6.45) is 4.32. The van der Waals surface area contributed by atoms with E-state index in [-0.39, 0.29) is 6.03 Å². The number of rotatable bonds is 7. The van der Waals surface area contributed by atoms with E-state index in [1.54, 1.807) is 12.4 Å². The summed E-state index contributed by atoms with van der Waals surface area (Å²) in [6.45, 7) is 8.18. The van der Waals surface area contributed by atoms with E-state index < -0.39 is 0 Å². The number of aryl methyl sites for hydroxylation is 2. The first-order chi connectivity index (χ1) is 11.0. The van der Waals surface area contributed by atoms with Crippen LogP contribution in [0, 0.1) is 19.8 Å². The Balaban J connectivity index is 1.64. The second-order valence-electron chi connectivity index (χ2n) is 5.96. The number of nitrogens with zero attached hydrogens (tertiary/aromatic N) is 3. The van der Waals surface area contributed by atoms with Crippen LogP contribution in [0.25, 0.3) is 0 Å². The second-order valence-corrected chi connectivity index (χ2v) is 5.96. The number of carbonyl (C=O) groups excluding carboxylic acids is 1. The van der Waals surface area contributed by atoms with Crippen molar-refractivity contribution in [1.82, 2.24) is 25.4 Å². The van der Waals surface area contributed by atoms with Gasteiger partial charge in [-0.2, -0.15) is 5.10 Å². The highest BCUT2D eigenvalue weighted by molar-refractivity contribution is 5.73. The van der Waals surface area contributed by atoms with Crippen LogP contribution in [0.15, 0.2) is 30.6 Å². The predicted molar refractivity (Wildman–Crippen MR) is 90.2 cm³/mol. The Labute approximate surface area is 137 Å². The Hall–Kier alpha value is -2.37. The summed E-state index contributed by atoms with van der Waals surface area (Å²) >= 11 is 0. The SMILES string of the molecule is Cc1cc(C)n(C[C@H](C)CNC(=O)NCCc2ccncc2)n1. The molecule has 0 aromatic carbocycles. The van der Waals surface area contributed by atoms with Gasteiger partial charge in [-0.15, -0.1) is 0 Å². The number of aromatic nitrogens is 3. The zero-order valence-corrected chi connectivity index (χ0v) is 14.0. The first-order valence-corrected chi connectivity index (χ1v) is 7.96. The number of amides is 2. The van der Waals surface area contributed by atoms with Gasteiger partial charge in [-0.05, 0) is 49.9 Å². The van der Waals surface area contributed by atoms with Crippen LogP contribution in [-0.2, 0) is 13.0 Å². The first kappa shape index (κ1) is 17.0. The van der Waals surface area contributed by atoms with E-state index in [1.165, 1.54) is 0 Å². The van der Waals surface area contributed by atoms with Gasteiger partial charge in [0.2, 0.25) is 0 Å². The quantitative estimate of drug-likeness (QED) is 0.821. The summed E-state index contributed by atoms with van der Waals surface area (Å²) in [5, 5.41) is 10.2. The molecule has 0 fully saturated rings. The van der Waals surface area contributed by atoms with Crippen LogP contribution in [0.3, 0.4) is 0 Å². The standard InChI is InChI=1S/C17H25N5O/c1-13(12-22-15(3)10-14(2)21-22)11-20-17(23)19-9-6-16-4-7-18-8-5-16/h4-5,7-8,10,13H,6,9,11-12H2,1-3H3,(H2,19,20,23)/t13-/m1/s1. The molecule has 0 aliphatic rings. The third-order valence-electron chi connectivity index (χ3n) is 3.65. The minimum Gasteiger partial charge on any atom is -0.338 e. The van der Waals surface area contributed by atoms with Crippen molar-refractivity contribution in [1.29, 1.82) is 0 Å².